The fourth-order valence-corrected chi connectivity index (χ4v) is 2.21. The van der Waals surface area contributed by atoms with E-state index >= 15 is 0 Å². The average Bonchev–Trinajstić information content (AvgIpc) is 2.50. The number of carbonyl (C=O) groups is 1. The van der Waals surface area contributed by atoms with Crippen molar-refractivity contribution in [3.05, 3.63) is 62.1 Å². The third-order valence-electron chi connectivity index (χ3n) is 2.80. The summed E-state index contributed by atoms with van der Waals surface area (Å²) in [4.78, 5) is 22.2. The van der Waals surface area contributed by atoms with Crippen LogP contribution in [0.15, 0.2) is 36.4 Å². The van der Waals surface area contributed by atoms with Gasteiger partial charge in [0.05, 0.1) is 20.5 Å². The fourth-order valence-electron chi connectivity index (χ4n) is 1.74. The van der Waals surface area contributed by atoms with Crippen molar-refractivity contribution in [3.63, 3.8) is 0 Å². The van der Waals surface area contributed by atoms with Crippen molar-refractivity contribution in [2.75, 3.05) is 0 Å². The topological polar surface area (TPSA) is 110 Å². The first-order valence-electron chi connectivity index (χ1n) is 6.11. The predicted octanol–water partition coefficient (Wildman–Crippen LogP) is 1.80. The van der Waals surface area contributed by atoms with E-state index in [0.717, 1.165) is 18.2 Å². The Morgan fingerprint density at radius 3 is 2.30 bits per heavy atom. The number of ether oxygens (including phenoxy) is 1. The highest BCUT2D eigenvalue weighted by molar-refractivity contribution is 6.58. The monoisotopic (exact) mass is 355 g/mol. The number of benzene rings is 2. The Morgan fingerprint density at radius 2 is 1.78 bits per heavy atom. The van der Waals surface area contributed by atoms with E-state index in [9.17, 15) is 14.9 Å². The molecule has 2 rings (SSSR count). The molecule has 0 heterocycles. The van der Waals surface area contributed by atoms with Gasteiger partial charge in [-0.2, -0.15) is 0 Å². The zero-order valence-corrected chi connectivity index (χ0v) is 12.8. The van der Waals surface area contributed by atoms with Crippen LogP contribution in [0.2, 0.25) is 10.0 Å². The first-order chi connectivity index (χ1) is 10.8. The van der Waals surface area contributed by atoms with Crippen molar-refractivity contribution in [1.82, 2.24) is 0 Å². The van der Waals surface area contributed by atoms with Gasteiger partial charge >= 0.3 is 13.1 Å². The third-order valence-corrected chi connectivity index (χ3v) is 3.39. The highest BCUT2D eigenvalue weighted by Crippen LogP contribution is 2.33. The van der Waals surface area contributed by atoms with Crippen molar-refractivity contribution in [1.29, 1.82) is 0 Å². The third kappa shape index (κ3) is 3.99. The standard InChI is InChI=1S/C13H8BCl2NO6/c15-10-2-1-3-11(16)12(10)23-13(18)7-4-8(14(19)20)6-9(5-7)17(21)22/h1-6,19-20H. The van der Waals surface area contributed by atoms with Crippen molar-refractivity contribution in [2.45, 2.75) is 0 Å². The molecule has 2 aromatic carbocycles. The minimum atomic E-state index is -1.98. The Balaban J connectivity index is 2.41. The molecule has 0 unspecified atom stereocenters. The molecule has 0 saturated carbocycles. The van der Waals surface area contributed by atoms with Crippen LogP contribution in [0.1, 0.15) is 10.4 Å². The van der Waals surface area contributed by atoms with Gasteiger partial charge in [0.2, 0.25) is 0 Å². The summed E-state index contributed by atoms with van der Waals surface area (Å²) in [5.74, 6) is -1.08. The molecule has 2 N–H and O–H groups in total. The van der Waals surface area contributed by atoms with Gasteiger partial charge in [0.1, 0.15) is 0 Å². The number of halogens is 2. The number of hydrogen-bond donors (Lipinski definition) is 2. The van der Waals surface area contributed by atoms with Crippen molar-refractivity contribution < 1.29 is 24.5 Å². The van der Waals surface area contributed by atoms with Crippen LogP contribution >= 0.6 is 23.2 Å². The van der Waals surface area contributed by atoms with E-state index in [-0.39, 0.29) is 26.8 Å². The largest absolute Gasteiger partial charge is 0.488 e. The van der Waals surface area contributed by atoms with E-state index in [1.807, 2.05) is 0 Å². The molecule has 10 heteroatoms. The molecule has 0 aromatic heterocycles. The lowest BCUT2D eigenvalue weighted by atomic mass is 9.79. The maximum atomic E-state index is 12.1. The Hall–Kier alpha value is -2.13. The molecule has 0 saturated heterocycles. The van der Waals surface area contributed by atoms with Crippen LogP contribution in [0, 0.1) is 10.1 Å². The molecule has 7 nitrogen and oxygen atoms in total. The maximum absolute atomic E-state index is 12.1. The van der Waals surface area contributed by atoms with Crippen LogP contribution < -0.4 is 10.2 Å². The van der Waals surface area contributed by atoms with Gasteiger partial charge in [-0.1, -0.05) is 29.3 Å². The summed E-state index contributed by atoms with van der Waals surface area (Å²) in [5.41, 5.74) is -0.970. The van der Waals surface area contributed by atoms with Gasteiger partial charge < -0.3 is 14.8 Å². The first kappa shape index (κ1) is 17.2. The lowest BCUT2D eigenvalue weighted by molar-refractivity contribution is -0.384. The van der Waals surface area contributed by atoms with E-state index < -0.39 is 23.7 Å². The van der Waals surface area contributed by atoms with E-state index in [0.29, 0.717) is 0 Å². The zero-order chi connectivity index (χ0) is 17.1. The Bertz CT molecular complexity index is 763. The Labute approximate surface area is 140 Å². The molecule has 23 heavy (non-hydrogen) atoms. The molecule has 0 atom stereocenters. The van der Waals surface area contributed by atoms with Crippen LogP contribution in [-0.4, -0.2) is 28.1 Å². The molecule has 0 amide bonds. The van der Waals surface area contributed by atoms with Gasteiger partial charge in [-0.15, -0.1) is 0 Å². The number of para-hydroxylation sites is 1. The highest BCUT2D eigenvalue weighted by Gasteiger charge is 2.22. The fraction of sp³-hybridized carbons (Fsp3) is 0. The highest BCUT2D eigenvalue weighted by atomic mass is 35.5. The second-order valence-electron chi connectivity index (χ2n) is 4.38. The quantitative estimate of drug-likeness (QED) is 0.284. The number of nitro benzene ring substituents is 1. The molecule has 0 aliphatic carbocycles. The molecule has 0 fully saturated rings. The predicted molar refractivity (Wildman–Crippen MR) is 84.3 cm³/mol. The Kier molecular flexibility index (Phi) is 5.22. The molecule has 2 aromatic rings. The molecule has 0 aliphatic heterocycles. The molecule has 118 valence electrons. The summed E-state index contributed by atoms with van der Waals surface area (Å²) in [5, 5.41) is 29.3. The van der Waals surface area contributed by atoms with Gasteiger partial charge in [0, 0.05) is 12.1 Å². The summed E-state index contributed by atoms with van der Waals surface area (Å²) in [6.07, 6.45) is 0. The van der Waals surface area contributed by atoms with Gasteiger partial charge in [-0.3, -0.25) is 10.1 Å². The van der Waals surface area contributed by atoms with Crippen molar-refractivity contribution >= 4 is 47.4 Å². The number of carbonyl (C=O) groups excluding carboxylic acids is 1. The van der Waals surface area contributed by atoms with Gasteiger partial charge in [0.25, 0.3) is 5.69 Å². The van der Waals surface area contributed by atoms with E-state index in [2.05, 4.69) is 0 Å². The van der Waals surface area contributed by atoms with Crippen LogP contribution in [0.3, 0.4) is 0 Å². The Morgan fingerprint density at radius 1 is 1.17 bits per heavy atom. The van der Waals surface area contributed by atoms with Gasteiger partial charge in [-0.05, 0) is 23.7 Å². The second kappa shape index (κ2) is 6.97. The number of hydrogen-bond acceptors (Lipinski definition) is 6. The minimum Gasteiger partial charge on any atom is -0.423 e. The molecular formula is C13H8BCl2NO6. The first-order valence-corrected chi connectivity index (χ1v) is 6.87. The van der Waals surface area contributed by atoms with Crippen LogP contribution in [-0.2, 0) is 0 Å². The zero-order valence-electron chi connectivity index (χ0n) is 11.3. The van der Waals surface area contributed by atoms with Crippen molar-refractivity contribution in [3.8, 4) is 5.75 Å². The summed E-state index contributed by atoms with van der Waals surface area (Å²) in [7, 11) is -1.98. The number of esters is 1. The smallest absolute Gasteiger partial charge is 0.423 e. The summed E-state index contributed by atoms with van der Waals surface area (Å²) in [6.45, 7) is 0. The van der Waals surface area contributed by atoms with Crippen molar-refractivity contribution in [2.24, 2.45) is 0 Å². The lowest BCUT2D eigenvalue weighted by Crippen LogP contribution is -2.31. The maximum Gasteiger partial charge on any atom is 0.488 e. The van der Waals surface area contributed by atoms with E-state index in [1.54, 1.807) is 6.07 Å². The van der Waals surface area contributed by atoms with E-state index in [4.69, 9.17) is 38.0 Å². The number of rotatable bonds is 4. The summed E-state index contributed by atoms with van der Waals surface area (Å²) in [6, 6.07) is 7.39. The van der Waals surface area contributed by atoms with Crippen LogP contribution in [0.4, 0.5) is 5.69 Å². The average molecular weight is 356 g/mol. The normalized spacial score (nSPS) is 10.3. The number of non-ortho nitro benzene ring substituents is 1. The lowest BCUT2D eigenvalue weighted by Gasteiger charge is -2.09. The summed E-state index contributed by atoms with van der Waals surface area (Å²) >= 11 is 11.7. The van der Waals surface area contributed by atoms with Gasteiger partial charge in [-0.25, -0.2) is 4.79 Å². The molecule has 0 spiro atoms. The van der Waals surface area contributed by atoms with Crippen LogP contribution in [0.5, 0.6) is 5.75 Å². The molecule has 0 aliphatic rings. The van der Waals surface area contributed by atoms with E-state index in [1.165, 1.54) is 12.1 Å². The minimum absolute atomic E-state index is 0.0821. The number of nitro groups is 1. The summed E-state index contributed by atoms with van der Waals surface area (Å²) < 4.78 is 5.04. The SMILES string of the molecule is O=C(Oc1c(Cl)cccc1Cl)c1cc(B(O)O)cc([N+](=O)[O-])c1. The second-order valence-corrected chi connectivity index (χ2v) is 5.20. The van der Waals surface area contributed by atoms with Crippen LogP contribution in [0.25, 0.3) is 0 Å². The molecule has 0 radical (unpaired) electrons. The molecular weight excluding hydrogens is 348 g/mol. The molecule has 0 bridgehead atoms. The van der Waals surface area contributed by atoms with Gasteiger partial charge in [0.15, 0.2) is 5.75 Å². The number of nitrogens with zero attached hydrogens (tertiary/aromatic N) is 1.